The highest BCUT2D eigenvalue weighted by Crippen LogP contribution is 2.32. The number of hydrogen-bond acceptors (Lipinski definition) is 2. The van der Waals surface area contributed by atoms with E-state index < -0.39 is 34.5 Å². The maximum absolute atomic E-state index is 13.7. The van der Waals surface area contributed by atoms with Crippen LogP contribution in [0.25, 0.3) is 0 Å². The van der Waals surface area contributed by atoms with Gasteiger partial charge in [-0.2, -0.15) is 13.2 Å². The number of hydrogen-bond donors (Lipinski definition) is 0. The Bertz CT molecular complexity index is 670. The second kappa shape index (κ2) is 5.32. The van der Waals surface area contributed by atoms with Crippen molar-refractivity contribution in [2.45, 2.75) is 6.18 Å². The Hall–Kier alpha value is -1.76. The van der Waals surface area contributed by atoms with Crippen molar-refractivity contribution in [3.63, 3.8) is 0 Å². The molecule has 0 saturated heterocycles. The van der Waals surface area contributed by atoms with Gasteiger partial charge in [-0.3, -0.25) is 9.78 Å². The third-order valence-corrected chi connectivity index (χ3v) is 3.04. The van der Waals surface area contributed by atoms with Crippen LogP contribution >= 0.6 is 15.9 Å². The first-order valence-corrected chi connectivity index (χ1v) is 6.11. The maximum Gasteiger partial charge on any atom is 0.417 e. The molecule has 0 aliphatic carbocycles. The molecule has 1 aromatic carbocycles. The van der Waals surface area contributed by atoms with Crippen LogP contribution in [0.15, 0.2) is 41.1 Å². The summed E-state index contributed by atoms with van der Waals surface area (Å²) in [7, 11) is 0. The van der Waals surface area contributed by atoms with Crippen molar-refractivity contribution in [1.82, 2.24) is 4.98 Å². The third kappa shape index (κ3) is 2.87. The zero-order chi connectivity index (χ0) is 14.9. The van der Waals surface area contributed by atoms with E-state index in [1.165, 1.54) is 6.07 Å². The van der Waals surface area contributed by atoms with Gasteiger partial charge in [0.1, 0.15) is 5.82 Å². The molecule has 1 aromatic heterocycles. The lowest BCUT2D eigenvalue weighted by Gasteiger charge is -2.11. The molecular formula is C13H6BrF4NO. The van der Waals surface area contributed by atoms with E-state index in [-0.39, 0.29) is 0 Å². The number of nitrogens with zero attached hydrogens (tertiary/aromatic N) is 1. The summed E-state index contributed by atoms with van der Waals surface area (Å²) in [5.74, 6) is -1.96. The third-order valence-electron chi connectivity index (χ3n) is 2.55. The highest BCUT2D eigenvalue weighted by molar-refractivity contribution is 9.10. The molecule has 20 heavy (non-hydrogen) atoms. The van der Waals surface area contributed by atoms with Crippen LogP contribution in [0.3, 0.4) is 0 Å². The van der Waals surface area contributed by atoms with E-state index in [2.05, 4.69) is 20.9 Å². The standard InChI is InChI=1S/C13H6BrF4NO/c14-7-1-2-8(11(15)5-7)12(20)9-6-19-4-3-10(9)13(16,17)18/h1-6H. The number of aromatic nitrogens is 1. The molecule has 2 rings (SSSR count). The molecule has 0 unspecified atom stereocenters. The van der Waals surface area contributed by atoms with Crippen LogP contribution < -0.4 is 0 Å². The number of carbonyl (C=O) groups is 1. The quantitative estimate of drug-likeness (QED) is 0.601. The first kappa shape index (κ1) is 14.6. The fourth-order valence-electron chi connectivity index (χ4n) is 1.64. The largest absolute Gasteiger partial charge is 0.417 e. The summed E-state index contributed by atoms with van der Waals surface area (Å²) in [6.07, 6.45) is -3.00. The van der Waals surface area contributed by atoms with Crippen molar-refractivity contribution in [1.29, 1.82) is 0 Å². The van der Waals surface area contributed by atoms with E-state index in [1.54, 1.807) is 0 Å². The molecule has 2 nitrogen and oxygen atoms in total. The minimum absolute atomic E-state index is 0.383. The molecule has 0 N–H and O–H groups in total. The zero-order valence-electron chi connectivity index (χ0n) is 9.71. The average Bonchev–Trinajstić information content (AvgIpc) is 2.37. The first-order chi connectivity index (χ1) is 9.30. The number of alkyl halides is 3. The Labute approximate surface area is 119 Å². The van der Waals surface area contributed by atoms with E-state index in [0.717, 1.165) is 24.5 Å². The fraction of sp³-hybridized carbons (Fsp3) is 0.0769. The van der Waals surface area contributed by atoms with Gasteiger partial charge in [0.2, 0.25) is 0 Å². The van der Waals surface area contributed by atoms with Crippen LogP contribution in [0.1, 0.15) is 21.5 Å². The van der Waals surface area contributed by atoms with Crippen molar-refractivity contribution in [3.8, 4) is 0 Å². The molecule has 104 valence electrons. The van der Waals surface area contributed by atoms with Crippen molar-refractivity contribution in [3.05, 3.63) is 63.6 Å². The Kier molecular flexibility index (Phi) is 3.89. The smallest absolute Gasteiger partial charge is 0.288 e. The topological polar surface area (TPSA) is 30.0 Å². The van der Waals surface area contributed by atoms with Gasteiger partial charge in [-0.05, 0) is 24.3 Å². The van der Waals surface area contributed by atoms with Crippen molar-refractivity contribution in [2.75, 3.05) is 0 Å². The Balaban J connectivity index is 2.55. The number of halogens is 5. The fourth-order valence-corrected chi connectivity index (χ4v) is 1.97. The predicted molar refractivity (Wildman–Crippen MR) is 66.8 cm³/mol. The number of benzene rings is 1. The van der Waals surface area contributed by atoms with Crippen molar-refractivity contribution in [2.24, 2.45) is 0 Å². The number of ketones is 1. The number of carbonyl (C=O) groups excluding carboxylic acids is 1. The normalized spacial score (nSPS) is 11.4. The first-order valence-electron chi connectivity index (χ1n) is 5.31. The Morgan fingerprint density at radius 2 is 1.85 bits per heavy atom. The highest BCUT2D eigenvalue weighted by atomic mass is 79.9. The van der Waals surface area contributed by atoms with Gasteiger partial charge in [0, 0.05) is 16.9 Å². The maximum atomic E-state index is 13.7. The minimum Gasteiger partial charge on any atom is -0.288 e. The lowest BCUT2D eigenvalue weighted by atomic mass is 10.00. The molecule has 0 spiro atoms. The Morgan fingerprint density at radius 1 is 1.15 bits per heavy atom. The molecule has 0 amide bonds. The molecule has 2 aromatic rings. The molecule has 0 aliphatic rings. The van der Waals surface area contributed by atoms with Gasteiger partial charge in [0.15, 0.2) is 5.78 Å². The van der Waals surface area contributed by atoms with E-state index in [1.807, 2.05) is 0 Å². The summed E-state index contributed by atoms with van der Waals surface area (Å²) in [4.78, 5) is 15.6. The summed E-state index contributed by atoms with van der Waals surface area (Å²) < 4.78 is 52.5. The van der Waals surface area contributed by atoms with Gasteiger partial charge in [-0.15, -0.1) is 0 Å². The molecule has 0 radical (unpaired) electrons. The molecule has 7 heteroatoms. The summed E-state index contributed by atoms with van der Waals surface area (Å²) in [6.45, 7) is 0. The summed E-state index contributed by atoms with van der Waals surface area (Å²) >= 11 is 3.00. The lowest BCUT2D eigenvalue weighted by molar-refractivity contribution is -0.137. The van der Waals surface area contributed by atoms with E-state index in [0.29, 0.717) is 10.5 Å². The van der Waals surface area contributed by atoms with Crippen LogP contribution in [0.4, 0.5) is 17.6 Å². The number of rotatable bonds is 2. The molecular weight excluding hydrogens is 342 g/mol. The van der Waals surface area contributed by atoms with Crippen LogP contribution in [0.2, 0.25) is 0 Å². The van der Waals surface area contributed by atoms with Gasteiger partial charge >= 0.3 is 6.18 Å². The van der Waals surface area contributed by atoms with E-state index in [9.17, 15) is 22.4 Å². The van der Waals surface area contributed by atoms with Crippen LogP contribution in [0.5, 0.6) is 0 Å². The zero-order valence-corrected chi connectivity index (χ0v) is 11.3. The monoisotopic (exact) mass is 347 g/mol. The van der Waals surface area contributed by atoms with Crippen LogP contribution in [-0.2, 0) is 6.18 Å². The second-order valence-corrected chi connectivity index (χ2v) is 4.79. The minimum atomic E-state index is -4.71. The van der Waals surface area contributed by atoms with Crippen molar-refractivity contribution < 1.29 is 22.4 Å². The SMILES string of the molecule is O=C(c1ccc(Br)cc1F)c1cnccc1C(F)(F)F. The summed E-state index contributed by atoms with van der Waals surface area (Å²) in [5.41, 5.74) is -2.26. The van der Waals surface area contributed by atoms with E-state index >= 15 is 0 Å². The van der Waals surface area contributed by atoms with Gasteiger partial charge in [-0.1, -0.05) is 15.9 Å². The van der Waals surface area contributed by atoms with Gasteiger partial charge in [0.05, 0.1) is 16.7 Å². The van der Waals surface area contributed by atoms with E-state index in [4.69, 9.17) is 0 Å². The molecule has 0 fully saturated rings. The molecule has 0 atom stereocenters. The van der Waals surface area contributed by atoms with Gasteiger partial charge < -0.3 is 0 Å². The van der Waals surface area contributed by atoms with Crippen LogP contribution in [0, 0.1) is 5.82 Å². The average molecular weight is 348 g/mol. The Morgan fingerprint density at radius 3 is 2.45 bits per heavy atom. The second-order valence-electron chi connectivity index (χ2n) is 3.87. The molecule has 0 aliphatic heterocycles. The molecule has 0 bridgehead atoms. The lowest BCUT2D eigenvalue weighted by Crippen LogP contribution is -2.15. The molecule has 1 heterocycles. The summed E-state index contributed by atoms with van der Waals surface area (Å²) in [6, 6.07) is 4.19. The van der Waals surface area contributed by atoms with Gasteiger partial charge in [0.25, 0.3) is 0 Å². The molecule has 0 saturated carbocycles. The highest BCUT2D eigenvalue weighted by Gasteiger charge is 2.35. The number of pyridine rings is 1. The van der Waals surface area contributed by atoms with Gasteiger partial charge in [-0.25, -0.2) is 4.39 Å². The van der Waals surface area contributed by atoms with Crippen LogP contribution in [-0.4, -0.2) is 10.8 Å². The van der Waals surface area contributed by atoms with Crippen molar-refractivity contribution >= 4 is 21.7 Å². The summed E-state index contributed by atoms with van der Waals surface area (Å²) in [5, 5.41) is 0. The predicted octanol–water partition coefficient (Wildman–Crippen LogP) is 4.23.